The number of nitrogens with two attached hydrogens (primary N) is 1. The molecule has 0 aliphatic heterocycles. The molecule has 0 aliphatic rings. The van der Waals surface area contributed by atoms with Gasteiger partial charge in [0.05, 0.1) is 22.5 Å². The van der Waals surface area contributed by atoms with E-state index in [4.69, 9.17) is 10.5 Å². The molecule has 1 aromatic heterocycles. The first-order valence-electron chi connectivity index (χ1n) is 4.70. The van der Waals surface area contributed by atoms with Crippen molar-refractivity contribution in [3.05, 3.63) is 16.9 Å². The molecule has 0 fully saturated rings. The summed E-state index contributed by atoms with van der Waals surface area (Å²) in [4.78, 5) is 3.95. The molecule has 0 aromatic carbocycles. The molecule has 78 valence electrons. The molecule has 14 heavy (non-hydrogen) atoms. The highest BCUT2D eigenvalue weighted by Gasteiger charge is 2.09. The third kappa shape index (κ3) is 2.87. The fourth-order valence-electron chi connectivity index (χ4n) is 1.23. The summed E-state index contributed by atoms with van der Waals surface area (Å²) >= 11 is 3.36. The lowest BCUT2D eigenvalue weighted by atomic mass is 10.2. The second-order valence-corrected chi connectivity index (χ2v) is 4.11. The van der Waals surface area contributed by atoms with E-state index in [-0.39, 0.29) is 6.10 Å². The Kier molecular flexibility index (Phi) is 4.20. The van der Waals surface area contributed by atoms with Crippen LogP contribution in [0.4, 0.5) is 5.69 Å². The smallest absolute Gasteiger partial charge is 0.159 e. The summed E-state index contributed by atoms with van der Waals surface area (Å²) in [5.41, 5.74) is 6.32. The predicted molar refractivity (Wildman–Crippen MR) is 61.3 cm³/mol. The van der Waals surface area contributed by atoms with E-state index in [9.17, 15) is 0 Å². The van der Waals surface area contributed by atoms with Crippen molar-refractivity contribution in [2.75, 3.05) is 5.73 Å². The van der Waals surface area contributed by atoms with Gasteiger partial charge in [0.15, 0.2) is 5.75 Å². The number of nitrogen functional groups attached to an aromatic ring is 1. The van der Waals surface area contributed by atoms with Crippen molar-refractivity contribution in [2.24, 2.45) is 0 Å². The molecule has 1 rings (SSSR count). The predicted octanol–water partition coefficient (Wildman–Crippen LogP) is 2.99. The normalized spacial score (nSPS) is 12.5. The highest BCUT2D eigenvalue weighted by molar-refractivity contribution is 9.10. The molecule has 0 spiro atoms. The van der Waals surface area contributed by atoms with E-state index in [1.165, 1.54) is 0 Å². The molecule has 1 aromatic rings. The lowest BCUT2D eigenvalue weighted by molar-refractivity contribution is 0.209. The van der Waals surface area contributed by atoms with Crippen molar-refractivity contribution < 1.29 is 4.74 Å². The fourth-order valence-corrected chi connectivity index (χ4v) is 1.67. The Balaban J connectivity index is 2.75. The van der Waals surface area contributed by atoms with Crippen molar-refractivity contribution in [2.45, 2.75) is 32.8 Å². The number of ether oxygens (including phenoxy) is 1. The summed E-state index contributed by atoms with van der Waals surface area (Å²) in [6.07, 6.45) is 5.59. The van der Waals surface area contributed by atoms with Crippen LogP contribution in [0, 0.1) is 0 Å². The Hall–Kier alpha value is -0.770. The van der Waals surface area contributed by atoms with Crippen molar-refractivity contribution in [3.63, 3.8) is 0 Å². The zero-order valence-corrected chi connectivity index (χ0v) is 10.0. The van der Waals surface area contributed by atoms with E-state index < -0.39 is 0 Å². The van der Waals surface area contributed by atoms with Crippen LogP contribution in [-0.4, -0.2) is 11.1 Å². The largest absolute Gasteiger partial charge is 0.487 e. The molecule has 0 saturated heterocycles. The van der Waals surface area contributed by atoms with E-state index in [1.807, 2.05) is 6.92 Å². The summed E-state index contributed by atoms with van der Waals surface area (Å²) in [5.74, 6) is 0.695. The second kappa shape index (κ2) is 5.20. The Labute approximate surface area is 92.8 Å². The lowest BCUT2D eigenvalue weighted by Crippen LogP contribution is -2.12. The minimum absolute atomic E-state index is 0.181. The first-order valence-corrected chi connectivity index (χ1v) is 5.50. The highest BCUT2D eigenvalue weighted by Crippen LogP contribution is 2.31. The van der Waals surface area contributed by atoms with Crippen molar-refractivity contribution in [1.82, 2.24) is 4.98 Å². The van der Waals surface area contributed by atoms with Crippen molar-refractivity contribution >= 4 is 21.6 Å². The van der Waals surface area contributed by atoms with Crippen LogP contribution in [0.2, 0.25) is 0 Å². The van der Waals surface area contributed by atoms with Crippen LogP contribution in [0.3, 0.4) is 0 Å². The van der Waals surface area contributed by atoms with Gasteiger partial charge in [-0.3, -0.25) is 4.98 Å². The first-order chi connectivity index (χ1) is 6.65. The van der Waals surface area contributed by atoms with E-state index in [0.29, 0.717) is 11.4 Å². The number of rotatable bonds is 4. The van der Waals surface area contributed by atoms with Crippen LogP contribution in [0.5, 0.6) is 5.75 Å². The van der Waals surface area contributed by atoms with Gasteiger partial charge in [-0.2, -0.15) is 0 Å². The third-order valence-electron chi connectivity index (χ3n) is 1.89. The second-order valence-electron chi connectivity index (χ2n) is 3.26. The van der Waals surface area contributed by atoms with Gasteiger partial charge in [0.25, 0.3) is 0 Å². The number of nitrogens with zero attached hydrogens (tertiary/aromatic N) is 1. The van der Waals surface area contributed by atoms with Crippen molar-refractivity contribution in [3.8, 4) is 5.75 Å². The highest BCUT2D eigenvalue weighted by atomic mass is 79.9. The van der Waals surface area contributed by atoms with Gasteiger partial charge in [0.2, 0.25) is 0 Å². The number of anilines is 1. The number of hydrogen-bond donors (Lipinski definition) is 1. The van der Waals surface area contributed by atoms with Gasteiger partial charge in [-0.25, -0.2) is 0 Å². The third-order valence-corrected chi connectivity index (χ3v) is 2.46. The molecule has 2 N–H and O–H groups in total. The maximum Gasteiger partial charge on any atom is 0.159 e. The number of halogens is 1. The number of aromatic nitrogens is 1. The number of pyridine rings is 1. The average Bonchev–Trinajstić information content (AvgIpc) is 2.12. The van der Waals surface area contributed by atoms with E-state index in [1.54, 1.807) is 12.4 Å². The van der Waals surface area contributed by atoms with E-state index in [2.05, 4.69) is 27.8 Å². The van der Waals surface area contributed by atoms with Crippen LogP contribution in [-0.2, 0) is 0 Å². The topological polar surface area (TPSA) is 48.1 Å². The lowest BCUT2D eigenvalue weighted by Gasteiger charge is -2.16. The van der Waals surface area contributed by atoms with Crippen LogP contribution in [0.15, 0.2) is 16.9 Å². The summed E-state index contributed by atoms with van der Waals surface area (Å²) < 4.78 is 6.51. The molecule has 0 radical (unpaired) electrons. The molecule has 0 amide bonds. The minimum atomic E-state index is 0.181. The molecule has 1 unspecified atom stereocenters. The van der Waals surface area contributed by atoms with Gasteiger partial charge in [-0.05, 0) is 29.3 Å². The van der Waals surface area contributed by atoms with Gasteiger partial charge in [-0.15, -0.1) is 0 Å². The minimum Gasteiger partial charge on any atom is -0.487 e. The Morgan fingerprint density at radius 3 is 2.86 bits per heavy atom. The van der Waals surface area contributed by atoms with E-state index >= 15 is 0 Å². The van der Waals surface area contributed by atoms with Gasteiger partial charge >= 0.3 is 0 Å². The standard InChI is InChI=1S/C10H15BrN2O/c1-3-4-7(2)14-10-8(11)5-13-6-9(10)12/h5-7H,3-4,12H2,1-2H3. The molecule has 1 heterocycles. The summed E-state index contributed by atoms with van der Waals surface area (Å²) in [7, 11) is 0. The van der Waals surface area contributed by atoms with Gasteiger partial charge in [-0.1, -0.05) is 13.3 Å². The molecule has 3 nitrogen and oxygen atoms in total. The average molecular weight is 259 g/mol. The summed E-state index contributed by atoms with van der Waals surface area (Å²) in [5, 5.41) is 0. The van der Waals surface area contributed by atoms with Crippen LogP contribution >= 0.6 is 15.9 Å². The fraction of sp³-hybridized carbons (Fsp3) is 0.500. The molecule has 0 saturated carbocycles. The Morgan fingerprint density at radius 2 is 2.29 bits per heavy atom. The first kappa shape index (κ1) is 11.3. The summed E-state index contributed by atoms with van der Waals surface area (Å²) in [6.45, 7) is 4.17. The maximum absolute atomic E-state index is 5.75. The van der Waals surface area contributed by atoms with Gasteiger partial charge < -0.3 is 10.5 Å². The van der Waals surface area contributed by atoms with Crippen LogP contribution in [0.1, 0.15) is 26.7 Å². The monoisotopic (exact) mass is 258 g/mol. The Morgan fingerprint density at radius 1 is 1.57 bits per heavy atom. The van der Waals surface area contributed by atoms with Gasteiger partial charge in [0, 0.05) is 6.20 Å². The molecule has 0 aliphatic carbocycles. The van der Waals surface area contributed by atoms with E-state index in [0.717, 1.165) is 17.3 Å². The van der Waals surface area contributed by atoms with Crippen LogP contribution < -0.4 is 10.5 Å². The molecular formula is C10H15BrN2O. The summed E-state index contributed by atoms with van der Waals surface area (Å²) in [6, 6.07) is 0. The quantitative estimate of drug-likeness (QED) is 0.904. The SMILES string of the molecule is CCCC(C)Oc1c(N)cncc1Br. The zero-order chi connectivity index (χ0) is 10.6. The maximum atomic E-state index is 5.75. The zero-order valence-electron chi connectivity index (χ0n) is 8.46. The number of hydrogen-bond acceptors (Lipinski definition) is 3. The van der Waals surface area contributed by atoms with Crippen molar-refractivity contribution in [1.29, 1.82) is 0 Å². The molecular weight excluding hydrogens is 244 g/mol. The molecule has 0 bridgehead atoms. The van der Waals surface area contributed by atoms with Crippen LogP contribution in [0.25, 0.3) is 0 Å². The molecule has 1 atom stereocenters. The molecule has 4 heteroatoms. The van der Waals surface area contributed by atoms with Gasteiger partial charge in [0.1, 0.15) is 0 Å². The Bertz CT molecular complexity index is 284.